The number of carbonyl (C=O) groups excluding carboxylic acids is 1. The third-order valence-electron chi connectivity index (χ3n) is 4.19. The molecule has 0 fully saturated rings. The highest BCUT2D eigenvalue weighted by Gasteiger charge is 2.14. The largest absolute Gasteiger partial charge is 0.478 e. The normalized spacial score (nSPS) is 11.1. The first-order valence-electron chi connectivity index (χ1n) is 8.61. The number of nitrogens with one attached hydrogen (secondary N) is 1. The Morgan fingerprint density at radius 1 is 1.10 bits per heavy atom. The molecule has 0 aliphatic carbocycles. The van der Waals surface area contributed by atoms with Gasteiger partial charge in [-0.15, -0.1) is 0 Å². The van der Waals surface area contributed by atoms with Gasteiger partial charge >= 0.3 is 5.97 Å². The van der Waals surface area contributed by atoms with E-state index >= 15 is 0 Å². The van der Waals surface area contributed by atoms with Crippen molar-refractivity contribution < 1.29 is 19.1 Å². The van der Waals surface area contributed by atoms with Gasteiger partial charge in [0.2, 0.25) is 0 Å². The lowest BCUT2D eigenvalue weighted by molar-refractivity contribution is -0.112. The van der Waals surface area contributed by atoms with E-state index in [4.69, 9.17) is 32.7 Å². The van der Waals surface area contributed by atoms with E-state index in [-0.39, 0.29) is 21.9 Å². The minimum atomic E-state index is -1.13. The van der Waals surface area contributed by atoms with Gasteiger partial charge in [-0.1, -0.05) is 35.3 Å². The Labute approximate surface area is 182 Å². The fraction of sp³-hybridized carbons (Fsp3) is 0.0455. The van der Waals surface area contributed by atoms with Crippen LogP contribution in [-0.4, -0.2) is 17.0 Å². The average Bonchev–Trinajstić information content (AvgIpc) is 3.17. The Bertz CT molecular complexity index is 1220. The summed E-state index contributed by atoms with van der Waals surface area (Å²) in [6.07, 6.45) is 1.31. The van der Waals surface area contributed by atoms with Crippen LogP contribution in [0.4, 0.5) is 5.69 Å². The molecule has 2 aromatic carbocycles. The Kier molecular flexibility index (Phi) is 6.26. The van der Waals surface area contributed by atoms with Gasteiger partial charge in [-0.2, -0.15) is 5.26 Å². The molecule has 0 unspecified atom stereocenters. The van der Waals surface area contributed by atoms with Gasteiger partial charge in [0, 0.05) is 22.3 Å². The van der Waals surface area contributed by atoms with Crippen LogP contribution in [0.25, 0.3) is 17.4 Å². The van der Waals surface area contributed by atoms with Crippen LogP contribution in [0.2, 0.25) is 10.0 Å². The molecule has 0 bridgehead atoms. The minimum absolute atomic E-state index is 0.0215. The van der Waals surface area contributed by atoms with E-state index in [0.717, 1.165) is 5.56 Å². The van der Waals surface area contributed by atoms with E-state index < -0.39 is 11.9 Å². The molecule has 1 heterocycles. The number of furan rings is 1. The SMILES string of the molecule is Cc1ccc(NC(=O)C(C#N)=Cc2ccc(-c3ccc(C(=O)O)c(Cl)c3)o2)cc1Cl. The van der Waals surface area contributed by atoms with Gasteiger partial charge in [0.15, 0.2) is 0 Å². The van der Waals surface area contributed by atoms with E-state index in [0.29, 0.717) is 22.0 Å². The van der Waals surface area contributed by atoms with Gasteiger partial charge < -0.3 is 14.8 Å². The number of aromatic carboxylic acids is 1. The van der Waals surface area contributed by atoms with Gasteiger partial charge in [0.1, 0.15) is 23.2 Å². The summed E-state index contributed by atoms with van der Waals surface area (Å²) < 4.78 is 5.66. The maximum atomic E-state index is 12.4. The van der Waals surface area contributed by atoms with E-state index in [1.54, 1.807) is 36.4 Å². The first-order chi connectivity index (χ1) is 14.3. The number of halogens is 2. The molecule has 1 amide bonds. The molecule has 1 aromatic heterocycles. The number of anilines is 1. The molecule has 3 rings (SSSR count). The van der Waals surface area contributed by atoms with Gasteiger partial charge in [-0.05, 0) is 48.9 Å². The number of rotatable bonds is 5. The zero-order chi connectivity index (χ0) is 21.8. The molecular weight excluding hydrogens is 427 g/mol. The fourth-order valence-electron chi connectivity index (χ4n) is 2.59. The van der Waals surface area contributed by atoms with Gasteiger partial charge in [-0.3, -0.25) is 4.79 Å². The smallest absolute Gasteiger partial charge is 0.337 e. The summed E-state index contributed by atoms with van der Waals surface area (Å²) in [5, 5.41) is 21.6. The van der Waals surface area contributed by atoms with Crippen molar-refractivity contribution in [2.24, 2.45) is 0 Å². The third kappa shape index (κ3) is 4.71. The quantitative estimate of drug-likeness (QED) is 0.385. The molecule has 0 spiro atoms. The molecule has 0 aliphatic heterocycles. The van der Waals surface area contributed by atoms with Gasteiger partial charge in [0.25, 0.3) is 5.91 Å². The van der Waals surface area contributed by atoms with E-state index in [1.165, 1.54) is 18.2 Å². The van der Waals surface area contributed by atoms with E-state index in [1.807, 2.05) is 13.0 Å². The van der Waals surface area contributed by atoms with Crippen molar-refractivity contribution in [1.82, 2.24) is 0 Å². The van der Waals surface area contributed by atoms with Crippen molar-refractivity contribution in [2.75, 3.05) is 5.32 Å². The van der Waals surface area contributed by atoms with Crippen molar-refractivity contribution in [3.63, 3.8) is 0 Å². The highest BCUT2D eigenvalue weighted by atomic mass is 35.5. The first-order valence-corrected chi connectivity index (χ1v) is 9.36. The second kappa shape index (κ2) is 8.87. The number of carboxylic acids is 1. The van der Waals surface area contributed by atoms with Crippen molar-refractivity contribution >= 4 is 46.8 Å². The maximum absolute atomic E-state index is 12.4. The van der Waals surface area contributed by atoms with E-state index in [9.17, 15) is 14.9 Å². The fourth-order valence-corrected chi connectivity index (χ4v) is 3.03. The predicted octanol–water partition coefficient (Wildman–Crippen LogP) is 5.81. The lowest BCUT2D eigenvalue weighted by Crippen LogP contribution is -2.13. The summed E-state index contributed by atoms with van der Waals surface area (Å²) >= 11 is 12.0. The summed E-state index contributed by atoms with van der Waals surface area (Å²) in [5.41, 5.74) is 1.70. The van der Waals surface area contributed by atoms with Crippen molar-refractivity contribution in [1.29, 1.82) is 5.26 Å². The third-order valence-corrected chi connectivity index (χ3v) is 4.91. The summed E-state index contributed by atoms with van der Waals surface area (Å²) in [6, 6.07) is 14.5. The summed E-state index contributed by atoms with van der Waals surface area (Å²) in [7, 11) is 0. The second-order valence-electron chi connectivity index (χ2n) is 6.29. The number of hydrogen-bond acceptors (Lipinski definition) is 4. The van der Waals surface area contributed by atoms with Crippen LogP contribution in [0.1, 0.15) is 21.7 Å². The number of amides is 1. The van der Waals surface area contributed by atoms with Crippen LogP contribution in [0, 0.1) is 18.3 Å². The standard InChI is InChI=1S/C22H14Cl2N2O4/c1-12-2-4-15(10-18(12)23)26-21(27)14(11-25)8-16-5-7-20(30-16)13-3-6-17(22(28)29)19(24)9-13/h2-10H,1H3,(H,26,27)(H,28,29). The number of carbonyl (C=O) groups is 2. The number of benzene rings is 2. The highest BCUT2D eigenvalue weighted by molar-refractivity contribution is 6.33. The molecule has 8 heteroatoms. The number of carboxylic acid groups (broad SMARTS) is 1. The van der Waals surface area contributed by atoms with Crippen LogP contribution in [-0.2, 0) is 4.79 Å². The summed E-state index contributed by atoms with van der Waals surface area (Å²) in [4.78, 5) is 23.5. The van der Waals surface area contributed by atoms with E-state index in [2.05, 4.69) is 5.32 Å². The van der Waals surface area contributed by atoms with Crippen LogP contribution in [0.5, 0.6) is 0 Å². The van der Waals surface area contributed by atoms with Gasteiger partial charge in [-0.25, -0.2) is 4.79 Å². The minimum Gasteiger partial charge on any atom is -0.478 e. The lowest BCUT2D eigenvalue weighted by Gasteiger charge is -2.06. The lowest BCUT2D eigenvalue weighted by atomic mass is 10.1. The number of aryl methyl sites for hydroxylation is 1. The highest BCUT2D eigenvalue weighted by Crippen LogP contribution is 2.28. The van der Waals surface area contributed by atoms with Crippen LogP contribution >= 0.6 is 23.2 Å². The van der Waals surface area contributed by atoms with Crippen molar-refractivity contribution in [2.45, 2.75) is 6.92 Å². The number of hydrogen-bond donors (Lipinski definition) is 2. The molecule has 0 aliphatic rings. The molecule has 0 saturated heterocycles. The zero-order valence-corrected chi connectivity index (χ0v) is 17.1. The molecule has 2 N–H and O–H groups in total. The zero-order valence-electron chi connectivity index (χ0n) is 15.6. The maximum Gasteiger partial charge on any atom is 0.337 e. The molecular formula is C22H14Cl2N2O4. The first kappa shape index (κ1) is 21.2. The Balaban J connectivity index is 1.82. The summed E-state index contributed by atoms with van der Waals surface area (Å²) in [5.74, 6) is -1.06. The number of nitriles is 1. The van der Waals surface area contributed by atoms with Crippen molar-refractivity contribution in [3.8, 4) is 17.4 Å². The molecule has 0 radical (unpaired) electrons. The molecule has 6 nitrogen and oxygen atoms in total. The monoisotopic (exact) mass is 440 g/mol. The van der Waals surface area contributed by atoms with Crippen molar-refractivity contribution in [3.05, 3.63) is 81.0 Å². The van der Waals surface area contributed by atoms with Gasteiger partial charge in [0.05, 0.1) is 10.6 Å². The Hall–Kier alpha value is -3.53. The molecule has 0 saturated carbocycles. The molecule has 150 valence electrons. The Morgan fingerprint density at radius 2 is 1.87 bits per heavy atom. The summed E-state index contributed by atoms with van der Waals surface area (Å²) in [6.45, 7) is 1.84. The van der Waals surface area contributed by atoms with Crippen LogP contribution < -0.4 is 5.32 Å². The average molecular weight is 441 g/mol. The predicted molar refractivity (Wildman–Crippen MR) is 115 cm³/mol. The Morgan fingerprint density at radius 3 is 2.50 bits per heavy atom. The second-order valence-corrected chi connectivity index (χ2v) is 7.10. The topological polar surface area (TPSA) is 103 Å². The van der Waals surface area contributed by atoms with Crippen LogP contribution in [0.15, 0.2) is 58.5 Å². The molecule has 3 aromatic rings. The molecule has 0 atom stereocenters. The van der Waals surface area contributed by atoms with Crippen LogP contribution in [0.3, 0.4) is 0 Å². The number of nitrogens with zero attached hydrogens (tertiary/aromatic N) is 1. The molecule has 30 heavy (non-hydrogen) atoms.